The van der Waals surface area contributed by atoms with E-state index in [1.807, 2.05) is 6.92 Å². The van der Waals surface area contributed by atoms with E-state index in [2.05, 4.69) is 16.5 Å². The molecule has 0 bridgehead atoms. The highest BCUT2D eigenvalue weighted by atomic mass is 16.5. The van der Waals surface area contributed by atoms with Gasteiger partial charge in [0.2, 0.25) is 11.8 Å². The molecule has 1 unspecified atom stereocenters. The number of rotatable bonds is 9. The van der Waals surface area contributed by atoms with Crippen molar-refractivity contribution >= 4 is 18.1 Å². The van der Waals surface area contributed by atoms with Crippen molar-refractivity contribution in [3.05, 3.63) is 47.2 Å². The van der Waals surface area contributed by atoms with Crippen molar-refractivity contribution < 1.29 is 28.8 Å². The van der Waals surface area contributed by atoms with Crippen LogP contribution in [0.3, 0.4) is 0 Å². The molecular weight excluding hydrogens is 440 g/mol. The number of aldehydes is 1. The molecule has 1 aromatic heterocycles. The van der Waals surface area contributed by atoms with Gasteiger partial charge in [0, 0.05) is 19.0 Å². The van der Waals surface area contributed by atoms with Gasteiger partial charge in [-0.05, 0) is 43.1 Å². The molecule has 1 fully saturated rings. The molecule has 2 amide bonds. The van der Waals surface area contributed by atoms with Gasteiger partial charge in [0.1, 0.15) is 18.1 Å². The van der Waals surface area contributed by atoms with Crippen molar-refractivity contribution in [1.82, 2.24) is 15.4 Å². The molecule has 2 heterocycles. The lowest BCUT2D eigenvalue weighted by atomic mass is 9.83. The van der Waals surface area contributed by atoms with Crippen LogP contribution in [-0.2, 0) is 19.8 Å². The highest BCUT2D eigenvalue weighted by molar-refractivity contribution is 5.93. The van der Waals surface area contributed by atoms with Gasteiger partial charge in [-0.25, -0.2) is 0 Å². The Bertz CT molecular complexity index is 1080. The van der Waals surface area contributed by atoms with Crippen LogP contribution in [-0.4, -0.2) is 58.6 Å². The molecule has 0 spiro atoms. The number of carbonyl (C=O) groups excluding carboxylic acids is 3. The van der Waals surface area contributed by atoms with Crippen molar-refractivity contribution in [2.75, 3.05) is 13.2 Å². The summed E-state index contributed by atoms with van der Waals surface area (Å²) >= 11 is 0. The standard InChI is InChI=1S/C24H28N4O6/c1-4-24(3,20-12-21(27-34-20)33-10-9-29)23(32)28-14-18(30)11-19(28)22(31)26-15(2)17-7-5-16(13-25)6-8-17/h5-9,12,15,18-19,30H,4,10-11,14H2,1-3H3,(H,26,31)/t15-,18+,19-,24?/m0/s1. The number of hydrogen-bond acceptors (Lipinski definition) is 8. The zero-order valence-electron chi connectivity index (χ0n) is 19.4. The number of aliphatic hydroxyl groups excluding tert-OH is 1. The van der Waals surface area contributed by atoms with Crippen molar-refractivity contribution in [2.24, 2.45) is 0 Å². The van der Waals surface area contributed by atoms with Crippen LogP contribution in [0.15, 0.2) is 34.9 Å². The third kappa shape index (κ3) is 5.10. The van der Waals surface area contributed by atoms with Crippen LogP contribution in [0.4, 0.5) is 0 Å². The zero-order valence-corrected chi connectivity index (χ0v) is 19.4. The molecule has 4 atom stereocenters. The van der Waals surface area contributed by atoms with E-state index in [-0.39, 0.29) is 49.1 Å². The van der Waals surface area contributed by atoms with Gasteiger partial charge < -0.3 is 24.6 Å². The first-order valence-corrected chi connectivity index (χ1v) is 11.1. The number of nitrogens with zero attached hydrogens (tertiary/aromatic N) is 3. The van der Waals surface area contributed by atoms with Crippen molar-refractivity contribution in [2.45, 2.75) is 57.2 Å². The van der Waals surface area contributed by atoms with Gasteiger partial charge in [-0.1, -0.05) is 19.1 Å². The normalized spacial score (nSPS) is 20.1. The topological polar surface area (TPSA) is 146 Å². The van der Waals surface area contributed by atoms with E-state index >= 15 is 0 Å². The van der Waals surface area contributed by atoms with E-state index in [0.29, 0.717) is 18.3 Å². The monoisotopic (exact) mass is 468 g/mol. The first-order chi connectivity index (χ1) is 16.2. The van der Waals surface area contributed by atoms with E-state index in [1.165, 1.54) is 11.0 Å². The fourth-order valence-corrected chi connectivity index (χ4v) is 3.98. The van der Waals surface area contributed by atoms with Crippen molar-refractivity contribution in [3.63, 3.8) is 0 Å². The number of ether oxygens (including phenoxy) is 1. The molecule has 3 rings (SSSR count). The van der Waals surface area contributed by atoms with Crippen LogP contribution in [0.5, 0.6) is 5.88 Å². The third-order valence-corrected chi connectivity index (χ3v) is 6.25. The van der Waals surface area contributed by atoms with Gasteiger partial charge in [-0.3, -0.25) is 14.4 Å². The second kappa shape index (κ2) is 10.5. The molecule has 10 heteroatoms. The molecule has 1 saturated heterocycles. The largest absolute Gasteiger partial charge is 0.468 e. The van der Waals surface area contributed by atoms with Crippen LogP contribution in [0.1, 0.15) is 56.5 Å². The van der Waals surface area contributed by atoms with E-state index in [4.69, 9.17) is 14.5 Å². The maximum absolute atomic E-state index is 13.6. The van der Waals surface area contributed by atoms with Gasteiger partial charge >= 0.3 is 0 Å². The van der Waals surface area contributed by atoms with Crippen LogP contribution < -0.4 is 10.1 Å². The molecule has 10 nitrogen and oxygen atoms in total. The third-order valence-electron chi connectivity index (χ3n) is 6.25. The first kappa shape index (κ1) is 24.9. The zero-order chi connectivity index (χ0) is 24.9. The Morgan fingerprint density at radius 1 is 1.44 bits per heavy atom. The number of β-amino-alcohol motifs (C(OH)–C–C–N with tert-alkyl or cyclic N) is 1. The summed E-state index contributed by atoms with van der Waals surface area (Å²) in [4.78, 5) is 38.7. The molecule has 34 heavy (non-hydrogen) atoms. The lowest BCUT2D eigenvalue weighted by Gasteiger charge is -2.33. The quantitative estimate of drug-likeness (QED) is 0.528. The summed E-state index contributed by atoms with van der Waals surface area (Å²) in [5.41, 5.74) is 0.174. The number of nitrogens with one attached hydrogen (secondary N) is 1. The summed E-state index contributed by atoms with van der Waals surface area (Å²) in [6, 6.07) is 9.16. The van der Waals surface area contributed by atoms with Crippen molar-refractivity contribution in [3.8, 4) is 11.9 Å². The Morgan fingerprint density at radius 2 is 2.15 bits per heavy atom. The summed E-state index contributed by atoms with van der Waals surface area (Å²) in [5.74, 6) is -0.433. The smallest absolute Gasteiger partial charge is 0.254 e. The van der Waals surface area contributed by atoms with Crippen LogP contribution in [0.2, 0.25) is 0 Å². The molecule has 0 aliphatic carbocycles. The number of benzene rings is 1. The van der Waals surface area contributed by atoms with Gasteiger partial charge in [0.05, 0.1) is 23.8 Å². The minimum Gasteiger partial charge on any atom is -0.468 e. The van der Waals surface area contributed by atoms with Crippen LogP contribution in [0.25, 0.3) is 0 Å². The van der Waals surface area contributed by atoms with E-state index in [9.17, 15) is 19.5 Å². The lowest BCUT2D eigenvalue weighted by molar-refractivity contribution is -0.143. The molecule has 0 saturated carbocycles. The average Bonchev–Trinajstić information content (AvgIpc) is 3.48. The number of likely N-dealkylation sites (tertiary alicyclic amines) is 1. The second-order valence-electron chi connectivity index (χ2n) is 8.52. The Hall–Kier alpha value is -3.71. The number of carbonyl (C=O) groups is 3. The lowest BCUT2D eigenvalue weighted by Crippen LogP contribution is -2.52. The summed E-state index contributed by atoms with van der Waals surface area (Å²) in [7, 11) is 0. The van der Waals surface area contributed by atoms with E-state index in [1.54, 1.807) is 38.1 Å². The highest BCUT2D eigenvalue weighted by Crippen LogP contribution is 2.35. The highest BCUT2D eigenvalue weighted by Gasteiger charge is 2.47. The number of aromatic nitrogens is 1. The summed E-state index contributed by atoms with van der Waals surface area (Å²) in [6.07, 6.45) is 0.192. The maximum atomic E-state index is 13.6. The molecule has 1 aromatic carbocycles. The van der Waals surface area contributed by atoms with Crippen LogP contribution in [0, 0.1) is 11.3 Å². The number of nitriles is 1. The number of aliphatic hydroxyl groups is 1. The molecular formula is C24H28N4O6. The minimum atomic E-state index is -1.16. The van der Waals surface area contributed by atoms with E-state index < -0.39 is 17.6 Å². The Kier molecular flexibility index (Phi) is 7.68. The van der Waals surface area contributed by atoms with Gasteiger partial charge in [-0.2, -0.15) is 5.26 Å². The molecule has 180 valence electrons. The molecule has 2 aromatic rings. The summed E-state index contributed by atoms with van der Waals surface area (Å²) < 4.78 is 10.5. The molecule has 1 aliphatic rings. The predicted octanol–water partition coefficient (Wildman–Crippen LogP) is 1.63. The van der Waals surface area contributed by atoms with Gasteiger partial charge in [-0.15, -0.1) is 0 Å². The summed E-state index contributed by atoms with van der Waals surface area (Å²) in [5, 5.41) is 25.9. The summed E-state index contributed by atoms with van der Waals surface area (Å²) in [6.45, 7) is 5.11. The SMILES string of the molecule is CCC(C)(C(=O)N1C[C@H](O)C[C@H]1C(=O)N[C@@H](C)c1ccc(C#N)cc1)c1cc(OCC=O)no1. The maximum Gasteiger partial charge on any atom is 0.254 e. The van der Waals surface area contributed by atoms with E-state index in [0.717, 1.165) is 5.56 Å². The number of hydrogen-bond donors (Lipinski definition) is 2. The molecule has 0 radical (unpaired) electrons. The fraction of sp³-hybridized carbons (Fsp3) is 0.458. The number of amides is 2. The molecule has 1 aliphatic heterocycles. The Balaban J connectivity index is 1.77. The molecule has 2 N–H and O–H groups in total. The predicted molar refractivity (Wildman–Crippen MR) is 120 cm³/mol. The van der Waals surface area contributed by atoms with Gasteiger partial charge in [0.25, 0.3) is 5.88 Å². The van der Waals surface area contributed by atoms with Crippen molar-refractivity contribution in [1.29, 1.82) is 5.26 Å². The Labute approximate surface area is 197 Å². The van der Waals surface area contributed by atoms with Gasteiger partial charge in [0.15, 0.2) is 12.0 Å². The second-order valence-corrected chi connectivity index (χ2v) is 8.52. The van der Waals surface area contributed by atoms with Crippen LogP contribution >= 0.6 is 0 Å². The Morgan fingerprint density at radius 3 is 2.76 bits per heavy atom. The minimum absolute atomic E-state index is 0.0143. The first-order valence-electron chi connectivity index (χ1n) is 11.1. The average molecular weight is 469 g/mol. The fourth-order valence-electron chi connectivity index (χ4n) is 3.98.